The molecule has 4 nitrogen and oxygen atoms in total. The van der Waals surface area contributed by atoms with Crippen LogP contribution in [0.15, 0.2) is 35.6 Å². The fraction of sp³-hybridized carbons (Fsp3) is 0.286. The van der Waals surface area contributed by atoms with Crippen LogP contribution in [0.4, 0.5) is 11.5 Å². The van der Waals surface area contributed by atoms with Gasteiger partial charge in [-0.2, -0.15) is 0 Å². The van der Waals surface area contributed by atoms with Crippen molar-refractivity contribution in [3.8, 4) is 0 Å². The van der Waals surface area contributed by atoms with Crippen LogP contribution in [0, 0.1) is 0 Å². The molecule has 98 valence electrons. The van der Waals surface area contributed by atoms with Crippen LogP contribution >= 0.6 is 11.8 Å². The lowest BCUT2D eigenvalue weighted by Crippen LogP contribution is -2.08. The van der Waals surface area contributed by atoms with Gasteiger partial charge in [-0.25, -0.2) is 9.97 Å². The highest BCUT2D eigenvalue weighted by Gasteiger charge is 2.22. The first-order valence-corrected chi connectivity index (χ1v) is 7.49. The van der Waals surface area contributed by atoms with E-state index in [-0.39, 0.29) is 0 Å². The molecule has 0 radical (unpaired) electrons. The summed E-state index contributed by atoms with van der Waals surface area (Å²) in [6.45, 7) is 0. The van der Waals surface area contributed by atoms with E-state index in [2.05, 4.69) is 27.4 Å². The van der Waals surface area contributed by atoms with E-state index in [1.807, 2.05) is 18.4 Å². The van der Waals surface area contributed by atoms with Gasteiger partial charge in [0.05, 0.1) is 6.04 Å². The van der Waals surface area contributed by atoms with E-state index in [0.29, 0.717) is 6.04 Å². The Hall–Kier alpha value is -1.75. The molecular weight excluding hydrogens is 256 g/mol. The van der Waals surface area contributed by atoms with Gasteiger partial charge in [-0.15, -0.1) is 11.8 Å². The summed E-state index contributed by atoms with van der Waals surface area (Å²) in [4.78, 5) is 8.46. The van der Waals surface area contributed by atoms with Crippen LogP contribution in [0.25, 0.3) is 0 Å². The van der Waals surface area contributed by atoms with Crippen molar-refractivity contribution in [1.82, 2.24) is 9.97 Å². The predicted molar refractivity (Wildman–Crippen MR) is 79.4 cm³/mol. The van der Waals surface area contributed by atoms with Gasteiger partial charge in [0, 0.05) is 11.8 Å². The second-order valence-corrected chi connectivity index (χ2v) is 5.47. The Morgan fingerprint density at radius 2 is 2.21 bits per heavy atom. The van der Waals surface area contributed by atoms with Crippen LogP contribution < -0.4 is 11.1 Å². The maximum atomic E-state index is 5.82. The minimum absolute atomic E-state index is 0.320. The number of rotatable bonds is 3. The molecule has 0 saturated carbocycles. The third kappa shape index (κ3) is 2.51. The zero-order chi connectivity index (χ0) is 13.2. The van der Waals surface area contributed by atoms with Gasteiger partial charge in [-0.05, 0) is 42.4 Å². The summed E-state index contributed by atoms with van der Waals surface area (Å²) < 4.78 is 0. The van der Waals surface area contributed by atoms with Crippen LogP contribution in [0.5, 0.6) is 0 Å². The van der Waals surface area contributed by atoms with E-state index < -0.39 is 0 Å². The number of nitrogens with one attached hydrogen (secondary N) is 1. The van der Waals surface area contributed by atoms with Crippen molar-refractivity contribution in [2.75, 3.05) is 17.3 Å². The SMILES string of the molecule is CSc1cc(NC2CCc3cc(N)ccc32)ncn1. The molecule has 0 spiro atoms. The monoisotopic (exact) mass is 272 g/mol. The average molecular weight is 272 g/mol. The van der Waals surface area contributed by atoms with Crippen LogP contribution in [0.2, 0.25) is 0 Å². The second-order valence-electron chi connectivity index (χ2n) is 4.64. The molecule has 1 atom stereocenters. The largest absolute Gasteiger partial charge is 0.399 e. The zero-order valence-electron chi connectivity index (χ0n) is 10.8. The summed E-state index contributed by atoms with van der Waals surface area (Å²) in [7, 11) is 0. The number of aryl methyl sites for hydroxylation is 1. The lowest BCUT2D eigenvalue weighted by Gasteiger charge is -2.15. The van der Waals surface area contributed by atoms with Gasteiger partial charge in [0.1, 0.15) is 17.2 Å². The standard InChI is InChI=1S/C14H16N4S/c1-19-14-7-13(16-8-17-14)18-12-5-2-9-6-10(15)3-4-11(9)12/h3-4,6-8,12H,2,5,15H2,1H3,(H,16,17,18). The molecule has 1 aliphatic rings. The molecule has 0 bridgehead atoms. The first kappa shape index (κ1) is 12.3. The molecule has 1 heterocycles. The molecule has 1 aliphatic carbocycles. The molecule has 19 heavy (non-hydrogen) atoms. The number of thioether (sulfide) groups is 1. The maximum absolute atomic E-state index is 5.82. The summed E-state index contributed by atoms with van der Waals surface area (Å²) >= 11 is 1.62. The number of nitrogens with zero attached hydrogens (tertiary/aromatic N) is 2. The van der Waals surface area contributed by atoms with E-state index in [9.17, 15) is 0 Å². The highest BCUT2D eigenvalue weighted by Crippen LogP contribution is 2.34. The molecule has 0 amide bonds. The summed E-state index contributed by atoms with van der Waals surface area (Å²) in [6.07, 6.45) is 5.77. The minimum atomic E-state index is 0.320. The highest BCUT2D eigenvalue weighted by atomic mass is 32.2. The number of hydrogen-bond acceptors (Lipinski definition) is 5. The van der Waals surface area contributed by atoms with Crippen molar-refractivity contribution >= 4 is 23.3 Å². The summed E-state index contributed by atoms with van der Waals surface area (Å²) in [5.41, 5.74) is 9.34. The number of hydrogen-bond donors (Lipinski definition) is 2. The topological polar surface area (TPSA) is 63.8 Å². The van der Waals surface area contributed by atoms with Crippen molar-refractivity contribution in [3.05, 3.63) is 41.7 Å². The van der Waals surface area contributed by atoms with Crippen LogP contribution in [-0.2, 0) is 6.42 Å². The van der Waals surface area contributed by atoms with Crippen molar-refractivity contribution in [2.24, 2.45) is 0 Å². The zero-order valence-corrected chi connectivity index (χ0v) is 11.6. The van der Waals surface area contributed by atoms with Gasteiger partial charge < -0.3 is 11.1 Å². The number of nitrogens with two attached hydrogens (primary N) is 1. The van der Waals surface area contributed by atoms with E-state index in [1.54, 1.807) is 18.1 Å². The Bertz CT molecular complexity index is 600. The Balaban J connectivity index is 1.82. The molecule has 2 aromatic rings. The van der Waals surface area contributed by atoms with Crippen LogP contribution in [-0.4, -0.2) is 16.2 Å². The van der Waals surface area contributed by atoms with Crippen molar-refractivity contribution in [3.63, 3.8) is 0 Å². The van der Waals surface area contributed by atoms with E-state index in [0.717, 1.165) is 29.4 Å². The van der Waals surface area contributed by atoms with E-state index >= 15 is 0 Å². The average Bonchev–Trinajstić information content (AvgIpc) is 2.81. The van der Waals surface area contributed by atoms with Crippen LogP contribution in [0.3, 0.4) is 0 Å². The molecule has 1 aromatic heterocycles. The molecular formula is C14H16N4S. The normalized spacial score (nSPS) is 17.2. The second kappa shape index (κ2) is 5.09. The highest BCUT2D eigenvalue weighted by molar-refractivity contribution is 7.98. The number of benzene rings is 1. The third-order valence-electron chi connectivity index (χ3n) is 3.42. The van der Waals surface area contributed by atoms with E-state index in [4.69, 9.17) is 5.73 Å². The minimum Gasteiger partial charge on any atom is -0.399 e. The smallest absolute Gasteiger partial charge is 0.130 e. The van der Waals surface area contributed by atoms with Gasteiger partial charge in [0.15, 0.2) is 0 Å². The Kier molecular flexibility index (Phi) is 3.29. The Morgan fingerprint density at radius 3 is 3.05 bits per heavy atom. The van der Waals surface area contributed by atoms with Crippen molar-refractivity contribution < 1.29 is 0 Å². The van der Waals surface area contributed by atoms with Gasteiger partial charge in [0.2, 0.25) is 0 Å². The summed E-state index contributed by atoms with van der Waals surface area (Å²) in [5, 5.41) is 4.47. The Labute approximate surface area is 116 Å². The summed E-state index contributed by atoms with van der Waals surface area (Å²) in [6, 6.07) is 8.46. The van der Waals surface area contributed by atoms with Gasteiger partial charge in [0.25, 0.3) is 0 Å². The summed E-state index contributed by atoms with van der Waals surface area (Å²) in [5.74, 6) is 0.883. The quantitative estimate of drug-likeness (QED) is 0.511. The fourth-order valence-electron chi connectivity index (χ4n) is 2.50. The fourth-order valence-corrected chi connectivity index (χ4v) is 2.88. The van der Waals surface area contributed by atoms with Gasteiger partial charge >= 0.3 is 0 Å². The van der Waals surface area contributed by atoms with Gasteiger partial charge in [-0.1, -0.05) is 6.07 Å². The molecule has 1 unspecified atom stereocenters. The van der Waals surface area contributed by atoms with Gasteiger partial charge in [-0.3, -0.25) is 0 Å². The lowest BCUT2D eigenvalue weighted by atomic mass is 10.1. The molecule has 3 rings (SSSR count). The maximum Gasteiger partial charge on any atom is 0.130 e. The number of fused-ring (bicyclic) bond motifs is 1. The number of anilines is 2. The predicted octanol–water partition coefficient (Wildman–Crippen LogP) is 2.88. The number of nitrogen functional groups attached to an aromatic ring is 1. The Morgan fingerprint density at radius 1 is 1.32 bits per heavy atom. The van der Waals surface area contributed by atoms with E-state index in [1.165, 1.54) is 11.1 Å². The first-order valence-electron chi connectivity index (χ1n) is 6.27. The molecule has 0 aliphatic heterocycles. The molecule has 0 saturated heterocycles. The third-order valence-corrected chi connectivity index (χ3v) is 4.06. The molecule has 3 N–H and O–H groups in total. The van der Waals surface area contributed by atoms with Crippen LogP contribution in [0.1, 0.15) is 23.6 Å². The molecule has 5 heteroatoms. The van der Waals surface area contributed by atoms with Crippen molar-refractivity contribution in [2.45, 2.75) is 23.9 Å². The first-order chi connectivity index (χ1) is 9.26. The van der Waals surface area contributed by atoms with Crippen molar-refractivity contribution in [1.29, 1.82) is 0 Å². The molecule has 0 fully saturated rings. The number of aromatic nitrogens is 2. The molecule has 1 aromatic carbocycles. The lowest BCUT2D eigenvalue weighted by molar-refractivity contribution is 0.755.